The molecule has 400 valence electrons. The van der Waals surface area contributed by atoms with Crippen molar-refractivity contribution in [3.05, 3.63) is 109 Å². The smallest absolute Gasteiger partial charge is 0.306 e. The Labute approximate surface area is 434 Å². The fourth-order valence-electron chi connectivity index (χ4n) is 7.90. The van der Waals surface area contributed by atoms with Crippen LogP contribution in [0.2, 0.25) is 0 Å². The molecule has 0 aromatic rings. The second kappa shape index (κ2) is 59.9. The molecule has 1 unspecified atom stereocenters. The molecule has 5 heteroatoms. The largest absolute Gasteiger partial charge is 0.462 e. The van der Waals surface area contributed by atoms with Crippen molar-refractivity contribution in [1.29, 1.82) is 0 Å². The van der Waals surface area contributed by atoms with Gasteiger partial charge < -0.3 is 14.2 Å². The summed E-state index contributed by atoms with van der Waals surface area (Å²) in [6.07, 6.45) is 82.6. The average molecular weight is 972 g/mol. The summed E-state index contributed by atoms with van der Waals surface area (Å²) in [5.41, 5.74) is 0. The van der Waals surface area contributed by atoms with Crippen LogP contribution in [0.25, 0.3) is 0 Å². The maximum absolute atomic E-state index is 12.9. The van der Waals surface area contributed by atoms with Crippen molar-refractivity contribution < 1.29 is 23.8 Å². The molecule has 70 heavy (non-hydrogen) atoms. The van der Waals surface area contributed by atoms with E-state index < -0.39 is 6.10 Å². The number of unbranched alkanes of at least 4 members (excludes halogenated alkanes) is 24. The summed E-state index contributed by atoms with van der Waals surface area (Å²) in [4.78, 5) is 25.5. The van der Waals surface area contributed by atoms with Crippen LogP contribution in [-0.2, 0) is 23.8 Å². The van der Waals surface area contributed by atoms with E-state index in [9.17, 15) is 9.59 Å². The maximum atomic E-state index is 12.9. The van der Waals surface area contributed by atoms with Crippen LogP contribution in [0.4, 0.5) is 0 Å². The first-order valence-corrected chi connectivity index (χ1v) is 29.4. The molecule has 0 radical (unpaired) electrons. The lowest BCUT2D eigenvalue weighted by Gasteiger charge is -2.18. The van der Waals surface area contributed by atoms with Gasteiger partial charge in [-0.05, 0) is 122 Å². The number of ether oxygens (including phenoxy) is 3. The Morgan fingerprint density at radius 3 is 1.07 bits per heavy atom. The molecule has 5 nitrogen and oxygen atoms in total. The lowest BCUT2D eigenvalue weighted by Crippen LogP contribution is -2.30. The van der Waals surface area contributed by atoms with E-state index in [1.54, 1.807) is 0 Å². The van der Waals surface area contributed by atoms with Crippen molar-refractivity contribution in [2.24, 2.45) is 0 Å². The summed E-state index contributed by atoms with van der Waals surface area (Å²) in [7, 11) is 0. The minimum atomic E-state index is -0.580. The first-order valence-electron chi connectivity index (χ1n) is 29.4. The number of esters is 2. The molecule has 0 aliphatic carbocycles. The number of hydrogen-bond acceptors (Lipinski definition) is 5. The van der Waals surface area contributed by atoms with Crippen LogP contribution in [0.1, 0.15) is 265 Å². The number of carbonyl (C=O) groups excluding carboxylic acids is 2. The SMILES string of the molecule is CC/C=C\C/C=C\C/C=C\C/C=C\C/C=C\C/C=C\CCCOCC(COC(=O)CCCCCCCCCCC/C=C\C/C=C\CCCCC)OC(=O)CCCCCCC/C=C\CCCCCCCC. The number of hydrogen-bond donors (Lipinski definition) is 0. The van der Waals surface area contributed by atoms with E-state index in [1.807, 2.05) is 0 Å². The third-order valence-electron chi connectivity index (χ3n) is 12.3. The van der Waals surface area contributed by atoms with Gasteiger partial charge in [-0.25, -0.2) is 0 Å². The van der Waals surface area contributed by atoms with Gasteiger partial charge >= 0.3 is 11.9 Å². The van der Waals surface area contributed by atoms with Gasteiger partial charge in [0.05, 0.1) is 6.61 Å². The Bertz CT molecular complexity index is 1380. The molecule has 0 aromatic carbocycles. The zero-order valence-corrected chi connectivity index (χ0v) is 46.0. The third kappa shape index (κ3) is 57.1. The first-order chi connectivity index (χ1) is 34.6. The highest BCUT2D eigenvalue weighted by atomic mass is 16.6. The molecule has 0 spiro atoms. The quantitative estimate of drug-likeness (QED) is 0.0345. The van der Waals surface area contributed by atoms with E-state index in [-0.39, 0.29) is 25.2 Å². The highest BCUT2D eigenvalue weighted by Crippen LogP contribution is 2.14. The molecule has 0 aliphatic heterocycles. The average Bonchev–Trinajstić information content (AvgIpc) is 3.36. The van der Waals surface area contributed by atoms with E-state index in [4.69, 9.17) is 14.2 Å². The molecule has 0 rings (SSSR count). The van der Waals surface area contributed by atoms with Crippen LogP contribution in [0.3, 0.4) is 0 Å². The molecule has 0 saturated carbocycles. The van der Waals surface area contributed by atoms with Crippen molar-refractivity contribution in [3.63, 3.8) is 0 Å². The van der Waals surface area contributed by atoms with Crippen LogP contribution < -0.4 is 0 Å². The van der Waals surface area contributed by atoms with Crippen molar-refractivity contribution in [1.82, 2.24) is 0 Å². The number of allylic oxidation sites excluding steroid dienone is 18. The molecule has 1 atom stereocenters. The topological polar surface area (TPSA) is 61.8 Å². The molecule has 0 aromatic heterocycles. The number of carbonyl (C=O) groups is 2. The standard InChI is InChI=1S/C65H110O5/c1-4-7-10-13-16-19-22-25-28-30-32-34-36-39-42-45-48-51-54-57-60-68-61-63(70-65(67)59-56-53-50-47-44-41-37-27-24-21-18-15-12-9-6-3)62-69-64(66)58-55-52-49-46-43-40-38-35-33-31-29-26-23-20-17-14-11-8-5-2/h7,10,16-17,19-20,25-29,32,34,37,39,42,48,51,63H,4-6,8-9,11-15,18,21-24,30-31,33,35-36,38,40-41,43-47,49-50,52-62H2,1-3H3/b10-7-,19-16-,20-17-,28-25-,29-26-,34-32-,37-27-,42-39-,51-48-. The van der Waals surface area contributed by atoms with Crippen LogP contribution in [0, 0.1) is 0 Å². The minimum absolute atomic E-state index is 0.0516. The Kier molecular flexibility index (Phi) is 56.9. The Morgan fingerprint density at radius 1 is 0.329 bits per heavy atom. The first kappa shape index (κ1) is 66.6. The third-order valence-corrected chi connectivity index (χ3v) is 12.3. The molecule has 0 fully saturated rings. The van der Waals surface area contributed by atoms with Gasteiger partial charge in [0, 0.05) is 19.4 Å². The van der Waals surface area contributed by atoms with Gasteiger partial charge in [-0.15, -0.1) is 0 Å². The maximum Gasteiger partial charge on any atom is 0.306 e. The van der Waals surface area contributed by atoms with Gasteiger partial charge in [0.25, 0.3) is 0 Å². The van der Waals surface area contributed by atoms with Crippen molar-refractivity contribution in [2.45, 2.75) is 271 Å². The van der Waals surface area contributed by atoms with Gasteiger partial charge in [-0.3, -0.25) is 9.59 Å². The Morgan fingerprint density at radius 2 is 0.643 bits per heavy atom. The summed E-state index contributed by atoms with van der Waals surface area (Å²) >= 11 is 0. The minimum Gasteiger partial charge on any atom is -0.462 e. The molecule has 0 heterocycles. The second-order valence-corrected chi connectivity index (χ2v) is 19.2. The molecule has 0 amide bonds. The van der Waals surface area contributed by atoms with Gasteiger partial charge in [-0.2, -0.15) is 0 Å². The zero-order chi connectivity index (χ0) is 50.6. The van der Waals surface area contributed by atoms with Crippen molar-refractivity contribution >= 4 is 11.9 Å². The van der Waals surface area contributed by atoms with Crippen LogP contribution >= 0.6 is 0 Å². The molecule has 0 aliphatic rings. The number of rotatable bonds is 53. The van der Waals surface area contributed by atoms with Crippen LogP contribution in [-0.4, -0.2) is 37.9 Å². The van der Waals surface area contributed by atoms with E-state index in [0.29, 0.717) is 19.4 Å². The van der Waals surface area contributed by atoms with Crippen molar-refractivity contribution in [2.75, 3.05) is 19.8 Å². The summed E-state index contributed by atoms with van der Waals surface area (Å²) in [6, 6.07) is 0. The van der Waals surface area contributed by atoms with Gasteiger partial charge in [0.15, 0.2) is 6.10 Å². The monoisotopic (exact) mass is 971 g/mol. The predicted octanol–water partition coefficient (Wildman–Crippen LogP) is 20.3. The highest BCUT2D eigenvalue weighted by Gasteiger charge is 2.17. The fourth-order valence-corrected chi connectivity index (χ4v) is 7.90. The summed E-state index contributed by atoms with van der Waals surface area (Å²) in [6.45, 7) is 7.54. The lowest BCUT2D eigenvalue weighted by molar-refractivity contribution is -0.163. The highest BCUT2D eigenvalue weighted by molar-refractivity contribution is 5.70. The van der Waals surface area contributed by atoms with E-state index in [0.717, 1.165) is 103 Å². The summed E-state index contributed by atoms with van der Waals surface area (Å²) in [5, 5.41) is 0. The van der Waals surface area contributed by atoms with E-state index >= 15 is 0 Å². The Hall–Kier alpha value is -3.44. The van der Waals surface area contributed by atoms with Crippen molar-refractivity contribution in [3.8, 4) is 0 Å². The van der Waals surface area contributed by atoms with Gasteiger partial charge in [0.2, 0.25) is 0 Å². The fraction of sp³-hybridized carbons (Fsp3) is 0.692. The van der Waals surface area contributed by atoms with Gasteiger partial charge in [0.1, 0.15) is 6.61 Å². The van der Waals surface area contributed by atoms with E-state index in [1.165, 1.54) is 128 Å². The Balaban J connectivity index is 4.40. The second-order valence-electron chi connectivity index (χ2n) is 19.2. The van der Waals surface area contributed by atoms with E-state index in [2.05, 4.69) is 130 Å². The van der Waals surface area contributed by atoms with Crippen LogP contribution in [0.5, 0.6) is 0 Å². The molecular formula is C65H110O5. The zero-order valence-electron chi connectivity index (χ0n) is 46.0. The van der Waals surface area contributed by atoms with Crippen LogP contribution in [0.15, 0.2) is 109 Å². The molecule has 0 bridgehead atoms. The molecule has 0 N–H and O–H groups in total. The predicted molar refractivity (Wildman–Crippen MR) is 306 cm³/mol. The summed E-state index contributed by atoms with van der Waals surface area (Å²) in [5.74, 6) is -0.443. The molecule has 0 saturated heterocycles. The molecular weight excluding hydrogens is 861 g/mol. The summed E-state index contributed by atoms with van der Waals surface area (Å²) < 4.78 is 17.4. The lowest BCUT2D eigenvalue weighted by atomic mass is 10.1. The van der Waals surface area contributed by atoms with Gasteiger partial charge in [-0.1, -0.05) is 239 Å². The normalized spacial score (nSPS) is 13.0.